The van der Waals surface area contributed by atoms with E-state index in [-0.39, 0.29) is 28.5 Å². The Labute approximate surface area is 232 Å². The Bertz CT molecular complexity index is 1240. The maximum atomic E-state index is 12.9. The average Bonchev–Trinajstić information content (AvgIpc) is 3.12. The van der Waals surface area contributed by atoms with E-state index in [1.54, 1.807) is 16.7 Å². The molecule has 3 rings (SSSR count). The van der Waals surface area contributed by atoms with Gasteiger partial charge in [-0.25, -0.2) is 0 Å². The van der Waals surface area contributed by atoms with Crippen molar-refractivity contribution in [3.8, 4) is 0 Å². The molecule has 0 aliphatic carbocycles. The number of halogens is 3. The van der Waals surface area contributed by atoms with Crippen LogP contribution in [0.25, 0.3) is 0 Å². The zero-order chi connectivity index (χ0) is 25.9. The second-order valence-electron chi connectivity index (χ2n) is 8.47. The molecule has 2 aromatic carbocycles. The monoisotopic (exact) mass is 645 g/mol. The fraction of sp³-hybridized carbons (Fsp3) is 0.333. The molecule has 1 aromatic heterocycles. The molecule has 0 radical (unpaired) electrons. The van der Waals surface area contributed by atoms with Crippen LogP contribution < -0.4 is 10.6 Å². The molecule has 0 aliphatic rings. The summed E-state index contributed by atoms with van der Waals surface area (Å²) in [6, 6.07) is 8.39. The van der Waals surface area contributed by atoms with Gasteiger partial charge >= 0.3 is 0 Å². The van der Waals surface area contributed by atoms with Gasteiger partial charge in [0.25, 0.3) is 5.91 Å². The summed E-state index contributed by atoms with van der Waals surface area (Å²) in [5.74, 6) is 0.338. The van der Waals surface area contributed by atoms with Crippen molar-refractivity contribution in [1.29, 1.82) is 0 Å². The number of hydrogen-bond acceptors (Lipinski definition) is 5. The van der Waals surface area contributed by atoms with Crippen LogP contribution in [-0.4, -0.2) is 32.3 Å². The van der Waals surface area contributed by atoms with Gasteiger partial charge in [0.2, 0.25) is 5.91 Å². The smallest absolute Gasteiger partial charge is 0.253 e. The Morgan fingerprint density at radius 1 is 1.11 bits per heavy atom. The van der Waals surface area contributed by atoms with Crippen LogP contribution in [0.4, 0.5) is 5.69 Å². The molecule has 35 heavy (non-hydrogen) atoms. The molecule has 0 bridgehead atoms. The number of nitrogens with one attached hydrogen (secondary N) is 2. The lowest BCUT2D eigenvalue weighted by Crippen LogP contribution is -2.33. The van der Waals surface area contributed by atoms with Crippen molar-refractivity contribution >= 4 is 75.1 Å². The first-order valence-corrected chi connectivity index (χ1v) is 13.6. The fourth-order valence-corrected chi connectivity index (χ4v) is 5.70. The molecule has 0 spiro atoms. The molecule has 0 unspecified atom stereocenters. The lowest BCUT2D eigenvalue weighted by Gasteiger charge is -2.22. The van der Waals surface area contributed by atoms with Crippen LogP contribution >= 0.6 is 57.6 Å². The van der Waals surface area contributed by atoms with E-state index >= 15 is 0 Å². The Hall–Kier alpha value is -1.82. The Morgan fingerprint density at radius 2 is 1.77 bits per heavy atom. The van der Waals surface area contributed by atoms with E-state index in [0.717, 1.165) is 20.4 Å². The minimum absolute atomic E-state index is 0.0286. The SMILES string of the molecule is Cc1cc(I)cc(C)c1NC(=O)CSc1nnc([C@@H](NC(=O)c2ccc(Cl)cc2Cl)C(C)C)n1C. The van der Waals surface area contributed by atoms with Gasteiger partial charge in [0.1, 0.15) is 0 Å². The van der Waals surface area contributed by atoms with Crippen LogP contribution in [0.1, 0.15) is 47.2 Å². The third-order valence-electron chi connectivity index (χ3n) is 5.37. The lowest BCUT2D eigenvalue weighted by atomic mass is 10.0. The zero-order valence-corrected chi connectivity index (χ0v) is 24.4. The predicted octanol–water partition coefficient (Wildman–Crippen LogP) is 6.20. The van der Waals surface area contributed by atoms with Crippen molar-refractivity contribution in [3.05, 3.63) is 66.5 Å². The van der Waals surface area contributed by atoms with E-state index < -0.39 is 6.04 Å². The van der Waals surface area contributed by atoms with Gasteiger partial charge in [-0.3, -0.25) is 9.59 Å². The Kier molecular flexibility index (Phi) is 9.47. The average molecular weight is 646 g/mol. The second-order valence-corrected chi connectivity index (χ2v) is 11.5. The van der Waals surface area contributed by atoms with Crippen molar-refractivity contribution in [2.24, 2.45) is 13.0 Å². The molecule has 3 aromatic rings. The standard InChI is InChI=1S/C24H26Cl2IN5O2S/c1-12(2)20(29-23(34)17-7-6-15(25)10-18(17)26)22-30-31-24(32(22)5)35-11-19(33)28-21-13(3)8-16(27)9-14(21)4/h6-10,12,20H,11H2,1-5H3,(H,28,33)(H,29,34)/t20-/m0/s1. The number of aryl methyl sites for hydroxylation is 2. The summed E-state index contributed by atoms with van der Waals surface area (Å²) >= 11 is 15.7. The summed E-state index contributed by atoms with van der Waals surface area (Å²) < 4.78 is 2.93. The van der Waals surface area contributed by atoms with Crippen molar-refractivity contribution in [2.75, 3.05) is 11.1 Å². The van der Waals surface area contributed by atoms with E-state index in [0.29, 0.717) is 21.6 Å². The number of amides is 2. The van der Waals surface area contributed by atoms with Crippen LogP contribution in [0, 0.1) is 23.3 Å². The molecular weight excluding hydrogens is 620 g/mol. The van der Waals surface area contributed by atoms with Gasteiger partial charge < -0.3 is 15.2 Å². The number of aromatic nitrogens is 3. The van der Waals surface area contributed by atoms with Gasteiger partial charge in [-0.2, -0.15) is 0 Å². The van der Waals surface area contributed by atoms with Crippen LogP contribution in [0.5, 0.6) is 0 Å². The van der Waals surface area contributed by atoms with Gasteiger partial charge in [-0.1, -0.05) is 48.8 Å². The van der Waals surface area contributed by atoms with E-state index in [1.165, 1.54) is 17.8 Å². The number of nitrogens with zero attached hydrogens (tertiary/aromatic N) is 3. The van der Waals surface area contributed by atoms with Crippen LogP contribution in [0.15, 0.2) is 35.5 Å². The molecule has 0 fully saturated rings. The molecule has 186 valence electrons. The first-order valence-electron chi connectivity index (χ1n) is 10.8. The summed E-state index contributed by atoms with van der Waals surface area (Å²) in [7, 11) is 1.82. The lowest BCUT2D eigenvalue weighted by molar-refractivity contribution is -0.113. The summed E-state index contributed by atoms with van der Waals surface area (Å²) in [5, 5.41) is 15.9. The first kappa shape index (κ1) is 27.8. The van der Waals surface area contributed by atoms with Crippen molar-refractivity contribution in [2.45, 2.75) is 38.9 Å². The van der Waals surface area contributed by atoms with Crippen molar-refractivity contribution in [3.63, 3.8) is 0 Å². The highest BCUT2D eigenvalue weighted by Crippen LogP contribution is 2.27. The number of anilines is 1. The van der Waals surface area contributed by atoms with Crippen molar-refractivity contribution in [1.82, 2.24) is 20.1 Å². The first-order chi connectivity index (χ1) is 16.5. The molecule has 7 nitrogen and oxygen atoms in total. The number of benzene rings is 2. The summed E-state index contributed by atoms with van der Waals surface area (Å²) in [4.78, 5) is 25.5. The van der Waals surface area contributed by atoms with Crippen LogP contribution in [0.2, 0.25) is 10.0 Å². The number of carbonyl (C=O) groups excluding carboxylic acids is 2. The van der Waals surface area contributed by atoms with E-state index in [1.807, 2.05) is 46.9 Å². The molecule has 11 heteroatoms. The molecule has 2 N–H and O–H groups in total. The number of carbonyl (C=O) groups is 2. The van der Waals surface area contributed by atoms with E-state index in [4.69, 9.17) is 23.2 Å². The molecule has 0 saturated heterocycles. The normalized spacial score (nSPS) is 12.0. The molecule has 1 heterocycles. The quantitative estimate of drug-likeness (QED) is 0.225. The molecule has 1 atom stereocenters. The second kappa shape index (κ2) is 11.9. The maximum Gasteiger partial charge on any atom is 0.253 e. The predicted molar refractivity (Wildman–Crippen MR) is 150 cm³/mol. The van der Waals surface area contributed by atoms with E-state index in [2.05, 4.69) is 43.4 Å². The highest BCUT2D eigenvalue weighted by atomic mass is 127. The number of thioether (sulfide) groups is 1. The Morgan fingerprint density at radius 3 is 2.37 bits per heavy atom. The number of rotatable bonds is 8. The molecule has 2 amide bonds. The van der Waals surface area contributed by atoms with Crippen LogP contribution in [-0.2, 0) is 11.8 Å². The third-order valence-corrected chi connectivity index (χ3v) is 7.56. The minimum atomic E-state index is -0.410. The van der Waals surface area contributed by atoms with Gasteiger partial charge in [-0.15, -0.1) is 10.2 Å². The van der Waals surface area contributed by atoms with Gasteiger partial charge in [0, 0.05) is 21.3 Å². The molecule has 0 saturated carbocycles. The van der Waals surface area contributed by atoms with Crippen molar-refractivity contribution < 1.29 is 9.59 Å². The highest BCUT2D eigenvalue weighted by Gasteiger charge is 2.26. The third kappa shape index (κ3) is 6.90. The van der Waals surface area contributed by atoms with Gasteiger partial charge in [-0.05, 0) is 83.8 Å². The van der Waals surface area contributed by atoms with Gasteiger partial charge in [0.15, 0.2) is 11.0 Å². The summed E-state index contributed by atoms with van der Waals surface area (Å²) in [6.45, 7) is 7.92. The summed E-state index contributed by atoms with van der Waals surface area (Å²) in [6.07, 6.45) is 0. The maximum absolute atomic E-state index is 12.9. The zero-order valence-electron chi connectivity index (χ0n) is 19.9. The Balaban J connectivity index is 1.70. The van der Waals surface area contributed by atoms with E-state index in [9.17, 15) is 9.59 Å². The fourth-order valence-electron chi connectivity index (χ4n) is 3.56. The topological polar surface area (TPSA) is 88.9 Å². The minimum Gasteiger partial charge on any atom is -0.342 e. The molecular formula is C24H26Cl2IN5O2S. The molecule has 0 aliphatic heterocycles. The summed E-state index contributed by atoms with van der Waals surface area (Å²) in [5.41, 5.74) is 3.20. The number of hydrogen-bond donors (Lipinski definition) is 2. The largest absolute Gasteiger partial charge is 0.342 e. The van der Waals surface area contributed by atoms with Crippen LogP contribution in [0.3, 0.4) is 0 Å². The van der Waals surface area contributed by atoms with Gasteiger partial charge in [0.05, 0.1) is 22.4 Å². The highest BCUT2D eigenvalue weighted by molar-refractivity contribution is 14.1.